The standard InChI is InChI=1S/C29H30N4/c1-6-15-28-22(9-1)21-30-29(31-28)33-19-17-32(18-20-33)16-8-7-14-27-25-12-4-2-10-23(25)24-11-3-5-13-26(24)27/h1-6,9-13,15,21,27H,7-8,14,16-20H2. The van der Waals surface area contributed by atoms with Crippen molar-refractivity contribution in [2.75, 3.05) is 37.6 Å². The van der Waals surface area contributed by atoms with Gasteiger partial charge in [0, 0.05) is 43.7 Å². The van der Waals surface area contributed by atoms with Crippen molar-refractivity contribution in [1.82, 2.24) is 14.9 Å². The minimum Gasteiger partial charge on any atom is -0.338 e. The molecule has 4 aromatic rings. The van der Waals surface area contributed by atoms with Crippen LogP contribution in [0.2, 0.25) is 0 Å². The van der Waals surface area contributed by atoms with Crippen LogP contribution in [0, 0.1) is 0 Å². The zero-order valence-corrected chi connectivity index (χ0v) is 19.0. The lowest BCUT2D eigenvalue weighted by molar-refractivity contribution is 0.251. The van der Waals surface area contributed by atoms with E-state index in [0.29, 0.717) is 5.92 Å². The molecule has 2 heterocycles. The van der Waals surface area contributed by atoms with Gasteiger partial charge in [-0.1, -0.05) is 73.2 Å². The molecule has 166 valence electrons. The van der Waals surface area contributed by atoms with E-state index in [-0.39, 0.29) is 0 Å². The number of hydrogen-bond donors (Lipinski definition) is 0. The lowest BCUT2D eigenvalue weighted by Gasteiger charge is -2.34. The molecular weight excluding hydrogens is 404 g/mol. The van der Waals surface area contributed by atoms with E-state index in [1.807, 2.05) is 18.3 Å². The van der Waals surface area contributed by atoms with Crippen LogP contribution in [0.1, 0.15) is 36.3 Å². The largest absolute Gasteiger partial charge is 0.338 e. The molecule has 1 fully saturated rings. The van der Waals surface area contributed by atoms with E-state index in [9.17, 15) is 0 Å². The van der Waals surface area contributed by atoms with Gasteiger partial charge in [0.2, 0.25) is 5.95 Å². The zero-order valence-electron chi connectivity index (χ0n) is 19.0. The van der Waals surface area contributed by atoms with Crippen molar-refractivity contribution >= 4 is 16.9 Å². The number of benzene rings is 3. The molecule has 3 aromatic carbocycles. The predicted molar refractivity (Wildman–Crippen MR) is 136 cm³/mol. The summed E-state index contributed by atoms with van der Waals surface area (Å²) < 4.78 is 0. The lowest BCUT2D eigenvalue weighted by atomic mass is 9.91. The van der Waals surface area contributed by atoms with Gasteiger partial charge in [0.05, 0.1) is 5.52 Å². The number of nitrogens with zero attached hydrogens (tertiary/aromatic N) is 4. The number of anilines is 1. The highest BCUT2D eigenvalue weighted by Crippen LogP contribution is 2.46. The summed E-state index contributed by atoms with van der Waals surface area (Å²) in [7, 11) is 0. The van der Waals surface area contributed by atoms with Gasteiger partial charge in [0.1, 0.15) is 0 Å². The van der Waals surface area contributed by atoms with E-state index in [4.69, 9.17) is 4.98 Å². The molecule has 6 rings (SSSR count). The fourth-order valence-corrected chi connectivity index (χ4v) is 5.54. The average molecular weight is 435 g/mol. The topological polar surface area (TPSA) is 32.3 Å². The average Bonchev–Trinajstić information content (AvgIpc) is 3.20. The summed E-state index contributed by atoms with van der Waals surface area (Å²) >= 11 is 0. The first kappa shape index (κ1) is 20.4. The molecule has 1 aliphatic heterocycles. The Hall–Kier alpha value is -3.24. The Morgan fingerprint density at radius 2 is 1.39 bits per heavy atom. The number of para-hydroxylation sites is 1. The summed E-state index contributed by atoms with van der Waals surface area (Å²) in [5.41, 5.74) is 6.93. The number of piperazine rings is 1. The molecule has 0 saturated carbocycles. The van der Waals surface area contributed by atoms with Gasteiger partial charge in [0.25, 0.3) is 0 Å². The van der Waals surface area contributed by atoms with Crippen LogP contribution in [0.15, 0.2) is 79.0 Å². The van der Waals surface area contributed by atoms with Crippen LogP contribution < -0.4 is 4.90 Å². The van der Waals surface area contributed by atoms with Gasteiger partial charge < -0.3 is 4.90 Å². The number of rotatable bonds is 6. The molecule has 33 heavy (non-hydrogen) atoms. The third kappa shape index (κ3) is 4.00. The molecule has 0 spiro atoms. The number of unbranched alkanes of at least 4 members (excludes halogenated alkanes) is 1. The molecule has 4 nitrogen and oxygen atoms in total. The van der Waals surface area contributed by atoms with Crippen LogP contribution in [0.4, 0.5) is 5.95 Å². The van der Waals surface area contributed by atoms with Crippen molar-refractivity contribution in [2.45, 2.75) is 25.2 Å². The van der Waals surface area contributed by atoms with Crippen LogP contribution in [0.25, 0.3) is 22.0 Å². The van der Waals surface area contributed by atoms with Crippen molar-refractivity contribution in [3.63, 3.8) is 0 Å². The van der Waals surface area contributed by atoms with Crippen molar-refractivity contribution in [3.05, 3.63) is 90.1 Å². The Morgan fingerprint density at radius 3 is 2.15 bits per heavy atom. The summed E-state index contributed by atoms with van der Waals surface area (Å²) in [4.78, 5) is 14.3. The Balaban J connectivity index is 1.01. The van der Waals surface area contributed by atoms with E-state index >= 15 is 0 Å². The van der Waals surface area contributed by atoms with Crippen LogP contribution in [0.3, 0.4) is 0 Å². The van der Waals surface area contributed by atoms with Crippen LogP contribution in [0.5, 0.6) is 0 Å². The van der Waals surface area contributed by atoms with Crippen LogP contribution in [-0.2, 0) is 0 Å². The highest BCUT2D eigenvalue weighted by molar-refractivity contribution is 5.79. The van der Waals surface area contributed by atoms with Crippen molar-refractivity contribution in [2.24, 2.45) is 0 Å². The summed E-state index contributed by atoms with van der Waals surface area (Å²) in [6.07, 6.45) is 5.71. The van der Waals surface area contributed by atoms with E-state index in [1.165, 1.54) is 48.1 Å². The molecular formula is C29H30N4. The first-order chi connectivity index (χ1) is 16.4. The van der Waals surface area contributed by atoms with Crippen LogP contribution >= 0.6 is 0 Å². The highest BCUT2D eigenvalue weighted by atomic mass is 15.3. The molecule has 2 aliphatic rings. The second kappa shape index (κ2) is 8.95. The summed E-state index contributed by atoms with van der Waals surface area (Å²) in [5, 5.41) is 1.10. The Kier molecular flexibility index (Phi) is 5.53. The Morgan fingerprint density at radius 1 is 0.727 bits per heavy atom. The second-order valence-corrected chi connectivity index (χ2v) is 9.28. The summed E-state index contributed by atoms with van der Waals surface area (Å²) in [6, 6.07) is 26.2. The smallest absolute Gasteiger partial charge is 0.225 e. The molecule has 0 N–H and O–H groups in total. The number of hydrogen-bond acceptors (Lipinski definition) is 4. The van der Waals surface area contributed by atoms with Crippen molar-refractivity contribution in [3.8, 4) is 11.1 Å². The lowest BCUT2D eigenvalue weighted by Crippen LogP contribution is -2.47. The van der Waals surface area contributed by atoms with Crippen molar-refractivity contribution in [1.29, 1.82) is 0 Å². The monoisotopic (exact) mass is 434 g/mol. The number of fused-ring (bicyclic) bond motifs is 4. The third-order valence-electron chi connectivity index (χ3n) is 7.31. The van der Waals surface area contributed by atoms with Gasteiger partial charge in [-0.25, -0.2) is 9.97 Å². The molecule has 0 radical (unpaired) electrons. The SMILES string of the molecule is c1ccc2c(c1)-c1ccccc1C2CCCCN1CCN(c2ncc3ccccc3n2)CC1. The predicted octanol–water partition coefficient (Wildman–Crippen LogP) is 5.73. The molecule has 0 bridgehead atoms. The van der Waals surface area contributed by atoms with Crippen molar-refractivity contribution < 1.29 is 0 Å². The second-order valence-electron chi connectivity index (χ2n) is 9.28. The normalized spacial score (nSPS) is 16.2. The minimum atomic E-state index is 0.555. The van der Waals surface area contributed by atoms with E-state index in [1.54, 1.807) is 0 Å². The first-order valence-corrected chi connectivity index (χ1v) is 12.2. The number of aromatic nitrogens is 2. The Labute approximate surface area is 195 Å². The van der Waals surface area contributed by atoms with E-state index in [2.05, 4.69) is 75.4 Å². The molecule has 0 atom stereocenters. The molecule has 0 amide bonds. The van der Waals surface area contributed by atoms with Gasteiger partial charge >= 0.3 is 0 Å². The fourth-order valence-electron chi connectivity index (χ4n) is 5.54. The molecule has 1 aliphatic carbocycles. The quantitative estimate of drug-likeness (QED) is 0.363. The van der Waals surface area contributed by atoms with Gasteiger partial charge in [-0.3, -0.25) is 4.90 Å². The maximum absolute atomic E-state index is 4.78. The summed E-state index contributed by atoms with van der Waals surface area (Å²) in [6.45, 7) is 5.36. The van der Waals surface area contributed by atoms with Gasteiger partial charge in [0.15, 0.2) is 0 Å². The minimum absolute atomic E-state index is 0.555. The fraction of sp³-hybridized carbons (Fsp3) is 0.310. The molecule has 0 unspecified atom stereocenters. The van der Waals surface area contributed by atoms with Gasteiger partial charge in [-0.05, 0) is 47.7 Å². The third-order valence-corrected chi connectivity index (χ3v) is 7.31. The van der Waals surface area contributed by atoms with E-state index in [0.717, 1.165) is 43.0 Å². The molecule has 4 heteroatoms. The molecule has 1 aromatic heterocycles. The maximum atomic E-state index is 4.78. The van der Waals surface area contributed by atoms with E-state index < -0.39 is 0 Å². The van der Waals surface area contributed by atoms with Gasteiger partial charge in [-0.15, -0.1) is 0 Å². The Bertz CT molecular complexity index is 1210. The summed E-state index contributed by atoms with van der Waals surface area (Å²) in [5.74, 6) is 1.42. The van der Waals surface area contributed by atoms with Crippen LogP contribution in [-0.4, -0.2) is 47.6 Å². The zero-order chi connectivity index (χ0) is 22.0. The highest BCUT2D eigenvalue weighted by Gasteiger charge is 2.27. The first-order valence-electron chi connectivity index (χ1n) is 12.2. The molecule has 1 saturated heterocycles. The maximum Gasteiger partial charge on any atom is 0.225 e. The van der Waals surface area contributed by atoms with Gasteiger partial charge in [-0.2, -0.15) is 0 Å².